The van der Waals surface area contributed by atoms with Crippen LogP contribution in [0.15, 0.2) is 42.7 Å². The van der Waals surface area contributed by atoms with Gasteiger partial charge < -0.3 is 14.6 Å². The van der Waals surface area contributed by atoms with Gasteiger partial charge in [0, 0.05) is 29.0 Å². The molecule has 2 heterocycles. The Morgan fingerprint density at radius 2 is 1.97 bits per heavy atom. The maximum atomic E-state index is 14.6. The molecule has 1 unspecified atom stereocenters. The molecule has 1 aromatic heterocycles. The van der Waals surface area contributed by atoms with Crippen LogP contribution in [0.25, 0.3) is 16.5 Å². The van der Waals surface area contributed by atoms with Gasteiger partial charge in [-0.05, 0) is 35.8 Å². The van der Waals surface area contributed by atoms with Crippen LogP contribution >= 0.6 is 0 Å². The Labute approximate surface area is 186 Å². The van der Waals surface area contributed by atoms with E-state index < -0.39 is 35.0 Å². The third-order valence-corrected chi connectivity index (χ3v) is 6.73. The zero-order valence-corrected chi connectivity index (χ0v) is 18.4. The number of ether oxygens (including phenoxy) is 1. The number of nitrogens with zero attached hydrogens (tertiary/aromatic N) is 2. The smallest absolute Gasteiger partial charge is 0.266 e. The molecule has 3 aromatic rings. The number of benzene rings is 2. The van der Waals surface area contributed by atoms with Crippen LogP contribution < -0.4 is 10.1 Å². The second-order valence-electron chi connectivity index (χ2n) is 7.50. The fraction of sp³-hybridized carbons (Fsp3) is 0.304. The first-order chi connectivity index (χ1) is 15.4. The summed E-state index contributed by atoms with van der Waals surface area (Å²) < 4.78 is 58.1. The molecular weight excluding hydrogens is 439 g/mol. The van der Waals surface area contributed by atoms with Crippen molar-refractivity contribution in [2.45, 2.75) is 25.8 Å². The Bertz CT molecular complexity index is 1170. The van der Waals surface area contributed by atoms with Gasteiger partial charge in [-0.1, -0.05) is 18.2 Å². The molecule has 168 valence electrons. The number of fused-ring (bicyclic) bond motifs is 1. The minimum absolute atomic E-state index is 0.126. The molecule has 0 aliphatic carbocycles. The van der Waals surface area contributed by atoms with Crippen LogP contribution in [-0.2, 0) is 11.2 Å². The first-order valence-corrected chi connectivity index (χ1v) is 11.6. The summed E-state index contributed by atoms with van der Waals surface area (Å²) in [6.45, 7) is 1.69. The van der Waals surface area contributed by atoms with Gasteiger partial charge in [0.2, 0.25) is 0 Å². The summed E-state index contributed by atoms with van der Waals surface area (Å²) in [7, 11) is 1.58. The molecule has 2 atom stereocenters. The lowest BCUT2D eigenvalue weighted by Gasteiger charge is -2.21. The van der Waals surface area contributed by atoms with Gasteiger partial charge in [0.15, 0.2) is 0 Å². The highest BCUT2D eigenvalue weighted by Crippen LogP contribution is 2.36. The standard InChI is InChI=1S/C23H22F3N3O2S/c1-13(15-4-3-5-16(21(15)24)22(25)26)29-23-18-10-17(14-6-8-32(30)9-7-14)20(31-2)11-19(18)27-12-28-23/h3-6,10-13,22H,7-9H2,1-2H3,(H,27,28,29)/t13-,32?/m1/s1. The Morgan fingerprint density at radius 1 is 1.19 bits per heavy atom. The molecule has 1 aliphatic rings. The maximum Gasteiger partial charge on any atom is 0.266 e. The highest BCUT2D eigenvalue weighted by molar-refractivity contribution is 7.91. The number of hydrogen-bond donors (Lipinski definition) is 1. The van der Waals surface area contributed by atoms with Crippen LogP contribution in [0.2, 0.25) is 0 Å². The van der Waals surface area contributed by atoms with E-state index in [9.17, 15) is 17.7 Å². The van der Waals surface area contributed by atoms with E-state index in [0.29, 0.717) is 40.4 Å². The average Bonchev–Trinajstić information content (AvgIpc) is 2.79. The molecule has 0 radical (unpaired) electrons. The summed E-state index contributed by atoms with van der Waals surface area (Å²) >= 11 is -0.855. The lowest BCUT2D eigenvalue weighted by atomic mass is 9.99. The fourth-order valence-electron chi connectivity index (χ4n) is 3.82. The van der Waals surface area contributed by atoms with Crippen LogP contribution in [0.4, 0.5) is 19.0 Å². The zero-order chi connectivity index (χ0) is 22.8. The Hall–Kier alpha value is -2.78. The van der Waals surface area contributed by atoms with Gasteiger partial charge in [0.25, 0.3) is 6.43 Å². The molecule has 0 fully saturated rings. The van der Waals surface area contributed by atoms with Crippen LogP contribution in [0, 0.1) is 5.82 Å². The van der Waals surface area contributed by atoms with Gasteiger partial charge in [-0.25, -0.2) is 23.1 Å². The van der Waals surface area contributed by atoms with E-state index in [0.717, 1.165) is 17.2 Å². The summed E-state index contributed by atoms with van der Waals surface area (Å²) in [5, 5.41) is 3.83. The average molecular weight is 462 g/mol. The van der Waals surface area contributed by atoms with Crippen molar-refractivity contribution in [2.75, 3.05) is 23.9 Å². The predicted molar refractivity (Wildman–Crippen MR) is 120 cm³/mol. The third-order valence-electron chi connectivity index (χ3n) is 5.53. The summed E-state index contributed by atoms with van der Waals surface area (Å²) in [4.78, 5) is 8.62. The number of halogens is 3. The molecule has 4 rings (SSSR count). The Kier molecular flexibility index (Phi) is 6.57. The largest absolute Gasteiger partial charge is 0.616 e. The van der Waals surface area contributed by atoms with Crippen molar-refractivity contribution in [1.29, 1.82) is 0 Å². The highest BCUT2D eigenvalue weighted by atomic mass is 32.2. The SMILES string of the molecule is COc1cc2ncnc(N[C@H](C)c3cccc(C(F)F)c3F)c2cc1C1=CC[S+]([O-])CC1. The number of rotatable bonds is 6. The number of alkyl halides is 2. The second-order valence-corrected chi connectivity index (χ2v) is 9.12. The van der Waals surface area contributed by atoms with Gasteiger partial charge in [0.1, 0.15) is 35.2 Å². The van der Waals surface area contributed by atoms with Crippen molar-refractivity contribution in [1.82, 2.24) is 9.97 Å². The molecule has 2 aromatic carbocycles. The van der Waals surface area contributed by atoms with Crippen molar-refractivity contribution < 1.29 is 22.5 Å². The van der Waals surface area contributed by atoms with E-state index in [2.05, 4.69) is 15.3 Å². The fourth-order valence-corrected chi connectivity index (χ4v) is 4.82. The number of nitrogens with one attached hydrogen (secondary N) is 1. The monoisotopic (exact) mass is 461 g/mol. The van der Waals surface area contributed by atoms with Gasteiger partial charge in [0.05, 0.1) is 24.2 Å². The van der Waals surface area contributed by atoms with Crippen molar-refractivity contribution in [3.05, 3.63) is 65.2 Å². The van der Waals surface area contributed by atoms with Gasteiger partial charge in [-0.3, -0.25) is 0 Å². The predicted octanol–water partition coefficient (Wildman–Crippen LogP) is 5.42. The van der Waals surface area contributed by atoms with Crippen LogP contribution in [0.1, 0.15) is 42.5 Å². The van der Waals surface area contributed by atoms with Crippen molar-refractivity contribution in [3.63, 3.8) is 0 Å². The van der Waals surface area contributed by atoms with E-state index in [4.69, 9.17) is 4.74 Å². The lowest BCUT2D eigenvalue weighted by molar-refractivity contribution is 0.146. The third kappa shape index (κ3) is 4.40. The first-order valence-electron chi connectivity index (χ1n) is 10.1. The minimum Gasteiger partial charge on any atom is -0.616 e. The van der Waals surface area contributed by atoms with Gasteiger partial charge in [-0.2, -0.15) is 0 Å². The summed E-state index contributed by atoms with van der Waals surface area (Å²) in [5.74, 6) is 1.24. The van der Waals surface area contributed by atoms with E-state index in [1.54, 1.807) is 20.1 Å². The maximum absolute atomic E-state index is 14.6. The number of methoxy groups -OCH3 is 1. The molecule has 32 heavy (non-hydrogen) atoms. The van der Waals surface area contributed by atoms with Crippen LogP contribution in [-0.4, -0.2) is 33.1 Å². The van der Waals surface area contributed by atoms with Crippen LogP contribution in [0.5, 0.6) is 5.75 Å². The topological polar surface area (TPSA) is 70.1 Å². The Balaban J connectivity index is 1.74. The molecule has 5 nitrogen and oxygen atoms in total. The number of allylic oxidation sites excluding steroid dienone is 1. The van der Waals surface area contributed by atoms with Gasteiger partial charge in [-0.15, -0.1) is 0 Å². The highest BCUT2D eigenvalue weighted by Gasteiger charge is 2.22. The number of anilines is 1. The lowest BCUT2D eigenvalue weighted by Crippen LogP contribution is -2.15. The molecule has 0 amide bonds. The summed E-state index contributed by atoms with van der Waals surface area (Å²) in [5.41, 5.74) is 2.00. The molecular formula is C23H22F3N3O2S. The van der Waals surface area contributed by atoms with Crippen molar-refractivity contribution >= 4 is 33.5 Å². The molecule has 0 saturated heterocycles. The van der Waals surface area contributed by atoms with E-state index in [1.165, 1.54) is 18.5 Å². The summed E-state index contributed by atoms with van der Waals surface area (Å²) in [6.07, 6.45) is 1.10. The summed E-state index contributed by atoms with van der Waals surface area (Å²) in [6, 6.07) is 7.05. The molecule has 1 N–H and O–H groups in total. The number of aromatic nitrogens is 2. The quantitative estimate of drug-likeness (QED) is 0.496. The first kappa shape index (κ1) is 22.4. The van der Waals surface area contributed by atoms with Crippen LogP contribution in [0.3, 0.4) is 0 Å². The normalized spacial score (nSPS) is 17.3. The van der Waals surface area contributed by atoms with Gasteiger partial charge >= 0.3 is 0 Å². The van der Waals surface area contributed by atoms with E-state index in [1.807, 2.05) is 12.1 Å². The molecule has 0 saturated carbocycles. The van der Waals surface area contributed by atoms with E-state index in [-0.39, 0.29) is 5.56 Å². The van der Waals surface area contributed by atoms with Crippen molar-refractivity contribution in [3.8, 4) is 5.75 Å². The van der Waals surface area contributed by atoms with E-state index >= 15 is 0 Å². The second kappa shape index (κ2) is 9.38. The molecule has 0 bridgehead atoms. The molecule has 1 aliphatic heterocycles. The zero-order valence-electron chi connectivity index (χ0n) is 17.6. The molecule has 0 spiro atoms. The minimum atomic E-state index is -2.89. The molecule has 9 heteroatoms. The number of hydrogen-bond acceptors (Lipinski definition) is 5. The Morgan fingerprint density at radius 3 is 2.66 bits per heavy atom. The van der Waals surface area contributed by atoms with Crippen molar-refractivity contribution in [2.24, 2.45) is 0 Å².